The third kappa shape index (κ3) is 4.57. The van der Waals surface area contributed by atoms with E-state index in [1.54, 1.807) is 0 Å². The highest BCUT2D eigenvalue weighted by Gasteiger charge is 2.07. The first-order chi connectivity index (χ1) is 8.17. The van der Waals surface area contributed by atoms with Gasteiger partial charge in [0.25, 0.3) is 0 Å². The van der Waals surface area contributed by atoms with Crippen LogP contribution in [0.3, 0.4) is 0 Å². The molecule has 0 radical (unpaired) electrons. The second-order valence-electron chi connectivity index (χ2n) is 4.26. The topological polar surface area (TPSA) is 41.1 Å². The molecule has 94 valence electrons. The fourth-order valence-corrected chi connectivity index (χ4v) is 1.72. The minimum absolute atomic E-state index is 0.0196. The Kier molecular flexibility index (Phi) is 5.70. The summed E-state index contributed by atoms with van der Waals surface area (Å²) in [5, 5.41) is 6.16. The third-order valence-corrected chi connectivity index (χ3v) is 2.96. The summed E-state index contributed by atoms with van der Waals surface area (Å²) in [6.07, 6.45) is 2.10. The van der Waals surface area contributed by atoms with Crippen LogP contribution in [0.25, 0.3) is 0 Å². The molecule has 1 aromatic carbocycles. The molecule has 1 amide bonds. The zero-order valence-corrected chi connectivity index (χ0v) is 10.9. The molecule has 0 aliphatic carbocycles. The Morgan fingerprint density at radius 2 is 1.88 bits per heavy atom. The molecule has 0 saturated heterocycles. The predicted octanol–water partition coefficient (Wildman–Crippen LogP) is 2.71. The van der Waals surface area contributed by atoms with Gasteiger partial charge < -0.3 is 10.6 Å². The number of carbonyl (C=O) groups is 1. The van der Waals surface area contributed by atoms with Crippen molar-refractivity contribution in [2.24, 2.45) is 0 Å². The van der Waals surface area contributed by atoms with Gasteiger partial charge in [-0.15, -0.1) is 0 Å². The van der Waals surface area contributed by atoms with Crippen LogP contribution in [0.5, 0.6) is 0 Å². The lowest BCUT2D eigenvalue weighted by molar-refractivity contribution is -0.115. The van der Waals surface area contributed by atoms with Crippen molar-refractivity contribution in [2.45, 2.75) is 39.7 Å². The zero-order valence-electron chi connectivity index (χ0n) is 10.9. The summed E-state index contributed by atoms with van der Waals surface area (Å²) in [7, 11) is 0. The van der Waals surface area contributed by atoms with Gasteiger partial charge in [0, 0.05) is 11.7 Å². The van der Waals surface area contributed by atoms with E-state index in [1.165, 1.54) is 0 Å². The number of anilines is 1. The molecule has 0 heterocycles. The first kappa shape index (κ1) is 13.7. The van der Waals surface area contributed by atoms with Crippen molar-refractivity contribution in [3.05, 3.63) is 29.8 Å². The average molecular weight is 234 g/mol. The van der Waals surface area contributed by atoms with Crippen LogP contribution in [-0.4, -0.2) is 18.5 Å². The standard InChI is InChI=1S/C14H22N2O/c1-4-12(5-2)15-10-14(17)16-13-9-7-6-8-11(13)3/h6-9,12,15H,4-5,10H2,1-3H3,(H,16,17). The van der Waals surface area contributed by atoms with E-state index < -0.39 is 0 Å². The van der Waals surface area contributed by atoms with E-state index in [2.05, 4.69) is 24.5 Å². The molecule has 3 heteroatoms. The molecule has 0 aromatic heterocycles. The Bertz CT molecular complexity index is 359. The van der Waals surface area contributed by atoms with Gasteiger partial charge in [-0.25, -0.2) is 0 Å². The fraction of sp³-hybridized carbons (Fsp3) is 0.500. The Balaban J connectivity index is 2.42. The van der Waals surface area contributed by atoms with Gasteiger partial charge in [0.15, 0.2) is 0 Å². The molecule has 0 atom stereocenters. The summed E-state index contributed by atoms with van der Waals surface area (Å²) in [6, 6.07) is 8.23. The van der Waals surface area contributed by atoms with Crippen molar-refractivity contribution < 1.29 is 4.79 Å². The van der Waals surface area contributed by atoms with E-state index in [-0.39, 0.29) is 5.91 Å². The van der Waals surface area contributed by atoms with Crippen molar-refractivity contribution in [3.63, 3.8) is 0 Å². The lowest BCUT2D eigenvalue weighted by atomic mass is 10.2. The fourth-order valence-electron chi connectivity index (χ4n) is 1.72. The number of hydrogen-bond donors (Lipinski definition) is 2. The van der Waals surface area contributed by atoms with Gasteiger partial charge in [-0.3, -0.25) is 4.79 Å². The first-order valence-corrected chi connectivity index (χ1v) is 6.26. The summed E-state index contributed by atoms with van der Waals surface area (Å²) >= 11 is 0. The Morgan fingerprint density at radius 1 is 1.24 bits per heavy atom. The number of hydrogen-bond acceptors (Lipinski definition) is 2. The van der Waals surface area contributed by atoms with Gasteiger partial charge in [0.05, 0.1) is 6.54 Å². The number of benzene rings is 1. The second kappa shape index (κ2) is 7.07. The van der Waals surface area contributed by atoms with Crippen LogP contribution in [0.2, 0.25) is 0 Å². The van der Waals surface area contributed by atoms with Crippen molar-refractivity contribution in [2.75, 3.05) is 11.9 Å². The Hall–Kier alpha value is -1.35. The smallest absolute Gasteiger partial charge is 0.238 e. The molecule has 0 fully saturated rings. The van der Waals surface area contributed by atoms with E-state index in [0.29, 0.717) is 12.6 Å². The quantitative estimate of drug-likeness (QED) is 0.794. The molecule has 0 bridgehead atoms. The van der Waals surface area contributed by atoms with Crippen molar-refractivity contribution in [3.8, 4) is 0 Å². The molecule has 1 aromatic rings. The van der Waals surface area contributed by atoms with Crippen LogP contribution >= 0.6 is 0 Å². The minimum Gasteiger partial charge on any atom is -0.325 e. The van der Waals surface area contributed by atoms with Gasteiger partial charge in [0.2, 0.25) is 5.91 Å². The highest BCUT2D eigenvalue weighted by Crippen LogP contribution is 2.12. The van der Waals surface area contributed by atoms with Crippen LogP contribution < -0.4 is 10.6 Å². The maximum atomic E-state index is 11.7. The SMILES string of the molecule is CCC(CC)NCC(=O)Nc1ccccc1C. The predicted molar refractivity (Wildman–Crippen MR) is 72.2 cm³/mol. The lowest BCUT2D eigenvalue weighted by Crippen LogP contribution is -2.35. The number of amides is 1. The largest absolute Gasteiger partial charge is 0.325 e. The van der Waals surface area contributed by atoms with Crippen LogP contribution in [0.1, 0.15) is 32.3 Å². The molecular weight excluding hydrogens is 212 g/mol. The van der Waals surface area contributed by atoms with Crippen LogP contribution in [-0.2, 0) is 4.79 Å². The highest BCUT2D eigenvalue weighted by molar-refractivity contribution is 5.92. The van der Waals surface area contributed by atoms with E-state index in [4.69, 9.17) is 0 Å². The molecule has 2 N–H and O–H groups in total. The molecule has 0 aliphatic heterocycles. The average Bonchev–Trinajstić information content (AvgIpc) is 2.33. The molecule has 0 aliphatic rings. The number of carbonyl (C=O) groups excluding carboxylic acids is 1. The van der Waals surface area contributed by atoms with Gasteiger partial charge in [-0.2, -0.15) is 0 Å². The second-order valence-corrected chi connectivity index (χ2v) is 4.26. The normalized spacial score (nSPS) is 10.6. The molecule has 17 heavy (non-hydrogen) atoms. The lowest BCUT2D eigenvalue weighted by Gasteiger charge is -2.14. The molecule has 0 spiro atoms. The van der Waals surface area contributed by atoms with E-state index in [0.717, 1.165) is 24.1 Å². The molecule has 0 saturated carbocycles. The van der Waals surface area contributed by atoms with E-state index in [9.17, 15) is 4.79 Å². The summed E-state index contributed by atoms with van der Waals surface area (Å²) < 4.78 is 0. The number of rotatable bonds is 6. The number of nitrogens with one attached hydrogen (secondary N) is 2. The monoisotopic (exact) mass is 234 g/mol. The van der Waals surface area contributed by atoms with Crippen molar-refractivity contribution >= 4 is 11.6 Å². The molecule has 3 nitrogen and oxygen atoms in total. The minimum atomic E-state index is 0.0196. The van der Waals surface area contributed by atoms with Crippen LogP contribution in [0.15, 0.2) is 24.3 Å². The van der Waals surface area contributed by atoms with Crippen LogP contribution in [0.4, 0.5) is 5.69 Å². The maximum Gasteiger partial charge on any atom is 0.238 e. The van der Waals surface area contributed by atoms with Crippen molar-refractivity contribution in [1.29, 1.82) is 0 Å². The number of para-hydroxylation sites is 1. The summed E-state index contributed by atoms with van der Waals surface area (Å²) in [4.78, 5) is 11.7. The third-order valence-electron chi connectivity index (χ3n) is 2.96. The number of aryl methyl sites for hydroxylation is 1. The Morgan fingerprint density at radius 3 is 2.47 bits per heavy atom. The van der Waals surface area contributed by atoms with E-state index >= 15 is 0 Å². The van der Waals surface area contributed by atoms with Gasteiger partial charge in [-0.1, -0.05) is 32.0 Å². The van der Waals surface area contributed by atoms with E-state index in [1.807, 2.05) is 31.2 Å². The highest BCUT2D eigenvalue weighted by atomic mass is 16.1. The summed E-state index contributed by atoms with van der Waals surface area (Å²) in [5.74, 6) is 0.0196. The van der Waals surface area contributed by atoms with Crippen LogP contribution in [0, 0.1) is 6.92 Å². The summed E-state index contributed by atoms with van der Waals surface area (Å²) in [5.41, 5.74) is 1.98. The maximum absolute atomic E-state index is 11.7. The molecule has 1 rings (SSSR count). The van der Waals surface area contributed by atoms with Gasteiger partial charge in [0.1, 0.15) is 0 Å². The summed E-state index contributed by atoms with van der Waals surface area (Å²) in [6.45, 7) is 6.62. The van der Waals surface area contributed by atoms with Crippen molar-refractivity contribution in [1.82, 2.24) is 5.32 Å². The molecular formula is C14H22N2O. The Labute approximate surface area is 104 Å². The molecule has 0 unspecified atom stereocenters. The van der Waals surface area contributed by atoms with Gasteiger partial charge >= 0.3 is 0 Å². The first-order valence-electron chi connectivity index (χ1n) is 6.26. The van der Waals surface area contributed by atoms with Gasteiger partial charge in [-0.05, 0) is 31.4 Å². The zero-order chi connectivity index (χ0) is 12.7.